The van der Waals surface area contributed by atoms with Gasteiger partial charge in [0.05, 0.1) is 5.60 Å². The highest BCUT2D eigenvalue weighted by atomic mass is 32.2. The average molecular weight is 251 g/mol. The predicted octanol–water partition coefficient (Wildman–Crippen LogP) is -0.0520. The van der Waals surface area contributed by atoms with Crippen molar-refractivity contribution in [3.8, 4) is 0 Å². The van der Waals surface area contributed by atoms with Crippen LogP contribution in [0.15, 0.2) is 0 Å². The summed E-state index contributed by atoms with van der Waals surface area (Å²) in [6.07, 6.45) is 1.12. The highest BCUT2D eigenvalue weighted by molar-refractivity contribution is 7.90. The van der Waals surface area contributed by atoms with Crippen molar-refractivity contribution in [2.75, 3.05) is 12.4 Å². The van der Waals surface area contributed by atoms with Crippen molar-refractivity contribution in [2.45, 2.75) is 38.3 Å². The second-order valence-corrected chi connectivity index (χ2v) is 6.32. The summed E-state index contributed by atoms with van der Waals surface area (Å²) in [5.74, 6) is -2.23. The number of sulfonamides is 1. The zero-order valence-electron chi connectivity index (χ0n) is 9.39. The molecule has 1 heterocycles. The fourth-order valence-electron chi connectivity index (χ4n) is 1.79. The number of aliphatic carboxylic acids is 1. The van der Waals surface area contributed by atoms with E-state index in [1.807, 2.05) is 13.8 Å². The fraction of sp³-hybridized carbons (Fsp3) is 0.889. The normalized spacial score (nSPS) is 25.2. The third-order valence-corrected chi connectivity index (χ3v) is 3.68. The molecule has 0 radical (unpaired) electrons. The van der Waals surface area contributed by atoms with E-state index in [-0.39, 0.29) is 11.6 Å². The highest BCUT2D eigenvalue weighted by Gasteiger charge is 2.31. The van der Waals surface area contributed by atoms with Crippen LogP contribution in [0.25, 0.3) is 0 Å². The van der Waals surface area contributed by atoms with E-state index >= 15 is 0 Å². The van der Waals surface area contributed by atoms with Gasteiger partial charge in [-0.25, -0.2) is 13.1 Å². The molecule has 1 saturated heterocycles. The number of hydrogen-bond donors (Lipinski definition) is 2. The van der Waals surface area contributed by atoms with E-state index in [1.165, 1.54) is 0 Å². The van der Waals surface area contributed by atoms with E-state index in [2.05, 4.69) is 4.72 Å². The maximum atomic E-state index is 11.4. The number of carboxylic acid groups (broad SMARTS) is 1. The number of nitrogens with one attached hydrogen (secondary N) is 1. The van der Waals surface area contributed by atoms with Gasteiger partial charge >= 0.3 is 5.97 Å². The minimum Gasteiger partial charge on any atom is -0.480 e. The minimum absolute atomic E-state index is 0.243. The first kappa shape index (κ1) is 13.4. The van der Waals surface area contributed by atoms with Crippen LogP contribution >= 0.6 is 0 Å². The first-order chi connectivity index (χ1) is 7.20. The summed E-state index contributed by atoms with van der Waals surface area (Å²) in [5, 5.41) is 8.44. The number of carbonyl (C=O) groups is 1. The van der Waals surface area contributed by atoms with E-state index < -0.39 is 21.7 Å². The molecule has 7 heteroatoms. The van der Waals surface area contributed by atoms with Crippen LogP contribution in [0.3, 0.4) is 0 Å². The maximum Gasteiger partial charge on any atom is 0.320 e. The first-order valence-electron chi connectivity index (χ1n) is 5.06. The Hall–Kier alpha value is -0.660. The van der Waals surface area contributed by atoms with Crippen molar-refractivity contribution >= 4 is 16.0 Å². The molecule has 0 aromatic heterocycles. The molecule has 1 aliphatic rings. The quantitative estimate of drug-likeness (QED) is 0.730. The van der Waals surface area contributed by atoms with Crippen LogP contribution in [-0.2, 0) is 19.6 Å². The average Bonchev–Trinajstić information content (AvgIpc) is 1.96. The lowest BCUT2D eigenvalue weighted by Gasteiger charge is -2.35. The van der Waals surface area contributed by atoms with Crippen LogP contribution in [-0.4, -0.2) is 43.5 Å². The number of rotatable bonds is 4. The van der Waals surface area contributed by atoms with Gasteiger partial charge in [0, 0.05) is 12.6 Å². The molecular formula is C9H17NO5S. The molecule has 0 saturated carbocycles. The third kappa shape index (κ3) is 4.46. The van der Waals surface area contributed by atoms with E-state index in [0.29, 0.717) is 19.4 Å². The van der Waals surface area contributed by atoms with Crippen LogP contribution in [0.1, 0.15) is 26.7 Å². The topological polar surface area (TPSA) is 92.7 Å². The zero-order chi connectivity index (χ0) is 12.4. The van der Waals surface area contributed by atoms with Crippen molar-refractivity contribution in [3.05, 3.63) is 0 Å². The predicted molar refractivity (Wildman–Crippen MR) is 57.6 cm³/mol. The molecule has 0 spiro atoms. The number of hydrogen-bond acceptors (Lipinski definition) is 4. The van der Waals surface area contributed by atoms with Crippen molar-refractivity contribution in [2.24, 2.45) is 0 Å². The Morgan fingerprint density at radius 1 is 1.56 bits per heavy atom. The Morgan fingerprint density at radius 3 is 2.69 bits per heavy atom. The van der Waals surface area contributed by atoms with Crippen LogP contribution in [0.5, 0.6) is 0 Å². The van der Waals surface area contributed by atoms with Crippen molar-refractivity contribution in [1.82, 2.24) is 4.72 Å². The Bertz CT molecular complexity index is 362. The molecule has 1 rings (SSSR count). The second-order valence-electron chi connectivity index (χ2n) is 4.57. The number of carboxylic acids is 1. The molecule has 16 heavy (non-hydrogen) atoms. The summed E-state index contributed by atoms with van der Waals surface area (Å²) < 4.78 is 30.6. The maximum absolute atomic E-state index is 11.4. The molecule has 1 atom stereocenters. The highest BCUT2D eigenvalue weighted by Crippen LogP contribution is 2.24. The summed E-state index contributed by atoms with van der Waals surface area (Å²) in [7, 11) is -3.74. The van der Waals surface area contributed by atoms with E-state index in [4.69, 9.17) is 9.84 Å². The summed E-state index contributed by atoms with van der Waals surface area (Å²) in [4.78, 5) is 10.3. The molecular weight excluding hydrogens is 234 g/mol. The van der Waals surface area contributed by atoms with Gasteiger partial charge in [0.15, 0.2) is 5.75 Å². The van der Waals surface area contributed by atoms with Gasteiger partial charge in [-0.3, -0.25) is 4.79 Å². The molecule has 1 aliphatic heterocycles. The molecule has 0 bridgehead atoms. The standard InChI is InChI=1S/C9H17NO5S/c1-9(2)5-7(3-4-15-9)10-16(13,14)6-8(11)12/h7,10H,3-6H2,1-2H3,(H,11,12). The van der Waals surface area contributed by atoms with Gasteiger partial charge in [0.25, 0.3) is 0 Å². The summed E-state index contributed by atoms with van der Waals surface area (Å²) in [6, 6.07) is -0.243. The first-order valence-corrected chi connectivity index (χ1v) is 6.71. The van der Waals surface area contributed by atoms with E-state index in [0.717, 1.165) is 0 Å². The summed E-state index contributed by atoms with van der Waals surface area (Å²) in [5.41, 5.74) is -0.366. The monoisotopic (exact) mass is 251 g/mol. The van der Waals surface area contributed by atoms with Gasteiger partial charge in [-0.2, -0.15) is 0 Å². The largest absolute Gasteiger partial charge is 0.480 e. The third-order valence-electron chi connectivity index (χ3n) is 2.36. The Balaban J connectivity index is 2.57. The van der Waals surface area contributed by atoms with Crippen LogP contribution in [0.2, 0.25) is 0 Å². The van der Waals surface area contributed by atoms with Crippen LogP contribution in [0.4, 0.5) is 0 Å². The van der Waals surface area contributed by atoms with Gasteiger partial charge in [0.2, 0.25) is 10.0 Å². The lowest BCUT2D eigenvalue weighted by molar-refractivity contribution is -0.134. The summed E-state index contributed by atoms with van der Waals surface area (Å²) in [6.45, 7) is 4.24. The zero-order valence-corrected chi connectivity index (χ0v) is 10.2. The number of ether oxygens (including phenoxy) is 1. The Kier molecular flexibility index (Phi) is 3.92. The van der Waals surface area contributed by atoms with Crippen LogP contribution < -0.4 is 4.72 Å². The smallest absolute Gasteiger partial charge is 0.320 e. The molecule has 1 fully saturated rings. The van der Waals surface area contributed by atoms with Gasteiger partial charge in [-0.15, -0.1) is 0 Å². The lowest BCUT2D eigenvalue weighted by Crippen LogP contribution is -2.46. The molecule has 2 N–H and O–H groups in total. The van der Waals surface area contributed by atoms with Crippen LogP contribution in [0, 0.1) is 0 Å². The van der Waals surface area contributed by atoms with Gasteiger partial charge in [-0.05, 0) is 26.7 Å². The van der Waals surface area contributed by atoms with Gasteiger partial charge < -0.3 is 9.84 Å². The van der Waals surface area contributed by atoms with Gasteiger partial charge in [-0.1, -0.05) is 0 Å². The lowest BCUT2D eigenvalue weighted by atomic mass is 9.95. The Morgan fingerprint density at radius 2 is 2.19 bits per heavy atom. The Labute approximate surface area is 95.0 Å². The summed E-state index contributed by atoms with van der Waals surface area (Å²) >= 11 is 0. The molecule has 0 aliphatic carbocycles. The van der Waals surface area contributed by atoms with E-state index in [9.17, 15) is 13.2 Å². The van der Waals surface area contributed by atoms with E-state index in [1.54, 1.807) is 0 Å². The molecule has 94 valence electrons. The molecule has 1 unspecified atom stereocenters. The van der Waals surface area contributed by atoms with Gasteiger partial charge in [0.1, 0.15) is 0 Å². The minimum atomic E-state index is -3.74. The molecule has 0 aromatic rings. The van der Waals surface area contributed by atoms with Crippen molar-refractivity contribution in [1.29, 1.82) is 0 Å². The SMILES string of the molecule is CC1(C)CC(NS(=O)(=O)CC(=O)O)CCO1. The molecule has 0 amide bonds. The second kappa shape index (κ2) is 4.68. The van der Waals surface area contributed by atoms with Crippen molar-refractivity contribution < 1.29 is 23.1 Å². The fourth-order valence-corrected chi connectivity index (χ4v) is 2.91. The molecule has 6 nitrogen and oxygen atoms in total. The molecule has 0 aromatic carbocycles. The van der Waals surface area contributed by atoms with Crippen molar-refractivity contribution in [3.63, 3.8) is 0 Å².